The molecule has 0 aliphatic heterocycles. The molecule has 0 unspecified atom stereocenters. The molecule has 0 radical (unpaired) electrons. The molecule has 0 N–H and O–H groups in total. The highest BCUT2D eigenvalue weighted by Crippen LogP contribution is 2.13. The fraction of sp³-hybridized carbons (Fsp3) is 0.455. The molecule has 1 nitrogen and oxygen atoms in total. The number of halogens is 4. The quantitative estimate of drug-likeness (QED) is 0.698. The summed E-state index contributed by atoms with van der Waals surface area (Å²) in [6.45, 7) is 1.01. The first-order chi connectivity index (χ1) is 7.61. The number of nitrogens with zero attached hydrogens (tertiary/aromatic N) is 1. The van der Waals surface area contributed by atoms with Crippen LogP contribution in [0.1, 0.15) is 5.56 Å². The van der Waals surface area contributed by atoms with E-state index in [1.807, 2.05) is 24.3 Å². The third-order valence-electron chi connectivity index (χ3n) is 2.12. The molecule has 0 amide bonds. The number of benzene rings is 1. The van der Waals surface area contributed by atoms with Crippen molar-refractivity contribution in [3.63, 3.8) is 0 Å². The van der Waals surface area contributed by atoms with Gasteiger partial charge in [0.15, 0.2) is 0 Å². The molecule has 16 heavy (non-hydrogen) atoms. The van der Waals surface area contributed by atoms with Crippen LogP contribution < -0.4 is 0 Å². The minimum absolute atomic E-state index is 0.179. The first kappa shape index (κ1) is 14.1. The largest absolute Gasteiger partial charge is 0.293 e. The minimum atomic E-state index is -2.28. The maximum absolute atomic E-state index is 12.3. The van der Waals surface area contributed by atoms with E-state index >= 15 is 0 Å². The van der Waals surface area contributed by atoms with Gasteiger partial charge >= 0.3 is 0 Å². The zero-order chi connectivity index (χ0) is 12.0. The lowest BCUT2D eigenvalue weighted by molar-refractivity contribution is 0.0881. The number of hydrogen-bond acceptors (Lipinski definition) is 1. The molecular weight excluding hydrogens is 344 g/mol. The van der Waals surface area contributed by atoms with Crippen molar-refractivity contribution in [3.8, 4) is 0 Å². The number of hydrogen-bond donors (Lipinski definition) is 0. The van der Waals surface area contributed by atoms with Gasteiger partial charge < -0.3 is 0 Å². The summed E-state index contributed by atoms with van der Waals surface area (Å²) in [7, 11) is 0. The van der Waals surface area contributed by atoms with Gasteiger partial charge in [0.2, 0.25) is 0 Å². The first-order valence-electron chi connectivity index (χ1n) is 4.92. The molecule has 0 aliphatic carbocycles. The van der Waals surface area contributed by atoms with E-state index in [2.05, 4.69) is 31.9 Å². The lowest BCUT2D eigenvalue weighted by Gasteiger charge is -2.20. The second kappa shape index (κ2) is 7.35. The SMILES string of the molecule is FC(F)CN(CCBr)Cc1ccc(Br)cc1. The van der Waals surface area contributed by atoms with Gasteiger partial charge in [-0.2, -0.15) is 0 Å². The number of rotatable bonds is 6. The highest BCUT2D eigenvalue weighted by molar-refractivity contribution is 9.10. The van der Waals surface area contributed by atoms with Gasteiger partial charge in [-0.15, -0.1) is 0 Å². The monoisotopic (exact) mass is 355 g/mol. The van der Waals surface area contributed by atoms with E-state index in [-0.39, 0.29) is 6.54 Å². The molecule has 0 spiro atoms. The van der Waals surface area contributed by atoms with Crippen LogP contribution in [0.3, 0.4) is 0 Å². The Labute approximate surface area is 111 Å². The molecule has 1 rings (SSSR count). The molecule has 90 valence electrons. The Morgan fingerprint density at radius 3 is 2.31 bits per heavy atom. The molecule has 0 bridgehead atoms. The molecule has 0 heterocycles. The normalized spacial score (nSPS) is 11.4. The van der Waals surface area contributed by atoms with Crippen molar-refractivity contribution in [3.05, 3.63) is 34.3 Å². The lowest BCUT2D eigenvalue weighted by Crippen LogP contribution is -2.30. The van der Waals surface area contributed by atoms with Gasteiger partial charge in [0.25, 0.3) is 6.43 Å². The van der Waals surface area contributed by atoms with Crippen molar-refractivity contribution < 1.29 is 8.78 Å². The van der Waals surface area contributed by atoms with Crippen LogP contribution in [-0.4, -0.2) is 29.7 Å². The van der Waals surface area contributed by atoms with E-state index in [1.165, 1.54) is 0 Å². The first-order valence-corrected chi connectivity index (χ1v) is 6.84. The molecule has 0 atom stereocenters. The average Bonchev–Trinajstić information content (AvgIpc) is 2.21. The van der Waals surface area contributed by atoms with Gasteiger partial charge in [-0.25, -0.2) is 8.78 Å². The topological polar surface area (TPSA) is 3.24 Å². The molecule has 1 aromatic carbocycles. The third-order valence-corrected chi connectivity index (χ3v) is 3.00. The molecule has 1 aromatic rings. The maximum Gasteiger partial charge on any atom is 0.251 e. The lowest BCUT2D eigenvalue weighted by atomic mass is 10.2. The Bertz CT molecular complexity index is 303. The van der Waals surface area contributed by atoms with E-state index in [9.17, 15) is 8.78 Å². The predicted molar refractivity (Wildman–Crippen MR) is 69.2 cm³/mol. The summed E-state index contributed by atoms with van der Waals surface area (Å²) in [4.78, 5) is 1.74. The Kier molecular flexibility index (Phi) is 6.46. The van der Waals surface area contributed by atoms with Crippen molar-refractivity contribution in [2.24, 2.45) is 0 Å². The molecule has 0 aromatic heterocycles. The highest BCUT2D eigenvalue weighted by Gasteiger charge is 2.11. The highest BCUT2D eigenvalue weighted by atomic mass is 79.9. The van der Waals surface area contributed by atoms with Crippen LogP contribution in [-0.2, 0) is 6.54 Å². The second-order valence-corrected chi connectivity index (χ2v) is 5.15. The fourth-order valence-corrected chi connectivity index (χ4v) is 2.16. The van der Waals surface area contributed by atoms with Crippen molar-refractivity contribution in [2.45, 2.75) is 13.0 Å². The zero-order valence-electron chi connectivity index (χ0n) is 8.67. The van der Waals surface area contributed by atoms with E-state index in [1.54, 1.807) is 4.90 Å². The Morgan fingerprint density at radius 2 is 1.81 bits per heavy atom. The summed E-state index contributed by atoms with van der Waals surface area (Å²) in [6.07, 6.45) is -2.28. The van der Waals surface area contributed by atoms with Crippen LogP contribution in [0.25, 0.3) is 0 Å². The van der Waals surface area contributed by atoms with Crippen LogP contribution in [0, 0.1) is 0 Å². The van der Waals surface area contributed by atoms with E-state index < -0.39 is 6.43 Å². The van der Waals surface area contributed by atoms with Gasteiger partial charge in [-0.1, -0.05) is 44.0 Å². The van der Waals surface area contributed by atoms with Crippen LogP contribution in [0.15, 0.2) is 28.7 Å². The Balaban J connectivity index is 2.56. The van der Waals surface area contributed by atoms with Crippen molar-refractivity contribution in [1.82, 2.24) is 4.90 Å². The summed E-state index contributed by atoms with van der Waals surface area (Å²) in [5, 5.41) is 0.705. The fourth-order valence-electron chi connectivity index (χ4n) is 1.40. The van der Waals surface area contributed by atoms with Crippen LogP contribution in [0.5, 0.6) is 0 Å². The Morgan fingerprint density at radius 1 is 1.19 bits per heavy atom. The van der Waals surface area contributed by atoms with Crippen molar-refractivity contribution >= 4 is 31.9 Å². The summed E-state index contributed by atoms with van der Waals surface area (Å²) in [5.41, 5.74) is 1.05. The van der Waals surface area contributed by atoms with Gasteiger partial charge in [0, 0.05) is 22.9 Å². The standard InChI is InChI=1S/C11H13Br2F2N/c12-5-6-16(8-11(14)15)7-9-1-3-10(13)4-2-9/h1-4,11H,5-8H2. The van der Waals surface area contributed by atoms with E-state index in [0.717, 1.165) is 10.0 Å². The second-order valence-electron chi connectivity index (χ2n) is 3.44. The summed E-state index contributed by atoms with van der Waals surface area (Å²) >= 11 is 6.61. The molecule has 5 heteroatoms. The van der Waals surface area contributed by atoms with Crippen LogP contribution in [0.4, 0.5) is 8.78 Å². The Hall–Kier alpha value is -0.000000000000000111. The summed E-state index contributed by atoms with van der Waals surface area (Å²) in [6, 6.07) is 7.72. The van der Waals surface area contributed by atoms with Gasteiger partial charge in [-0.3, -0.25) is 4.90 Å². The molecular formula is C11H13Br2F2N. The van der Waals surface area contributed by atoms with E-state index in [0.29, 0.717) is 18.4 Å². The van der Waals surface area contributed by atoms with Gasteiger partial charge in [0.1, 0.15) is 0 Å². The molecule has 0 saturated heterocycles. The van der Waals surface area contributed by atoms with Crippen LogP contribution >= 0.6 is 31.9 Å². The van der Waals surface area contributed by atoms with Crippen molar-refractivity contribution in [1.29, 1.82) is 0 Å². The summed E-state index contributed by atoms with van der Waals surface area (Å²) in [5.74, 6) is 0. The maximum atomic E-state index is 12.3. The van der Waals surface area contributed by atoms with E-state index in [4.69, 9.17) is 0 Å². The molecule has 0 saturated carbocycles. The predicted octanol–water partition coefficient (Wildman–Crippen LogP) is 3.91. The number of alkyl halides is 3. The van der Waals surface area contributed by atoms with Crippen LogP contribution in [0.2, 0.25) is 0 Å². The third kappa shape index (κ3) is 5.37. The summed E-state index contributed by atoms with van der Waals surface area (Å²) < 4.78 is 25.6. The van der Waals surface area contributed by atoms with Gasteiger partial charge in [-0.05, 0) is 17.7 Å². The van der Waals surface area contributed by atoms with Gasteiger partial charge in [0.05, 0.1) is 6.54 Å². The smallest absolute Gasteiger partial charge is 0.251 e. The van der Waals surface area contributed by atoms with Crippen molar-refractivity contribution in [2.75, 3.05) is 18.4 Å². The molecule has 0 fully saturated rings. The minimum Gasteiger partial charge on any atom is -0.293 e. The average molecular weight is 357 g/mol. The zero-order valence-corrected chi connectivity index (χ0v) is 11.8. The molecule has 0 aliphatic rings.